The molecule has 10 heteroatoms. The van der Waals surface area contributed by atoms with Crippen LogP contribution in [0.25, 0.3) is 0 Å². The quantitative estimate of drug-likeness (QED) is 0.344. The van der Waals surface area contributed by atoms with E-state index in [1.165, 1.54) is 24.5 Å². The van der Waals surface area contributed by atoms with Crippen molar-refractivity contribution in [2.45, 2.75) is 30.8 Å². The molecule has 0 aliphatic carbocycles. The zero-order valence-corrected chi connectivity index (χ0v) is 21.6. The summed E-state index contributed by atoms with van der Waals surface area (Å²) in [5, 5.41) is 8.16. The first kappa shape index (κ1) is 25.4. The molecule has 2 aromatic carbocycles. The second-order valence-electron chi connectivity index (χ2n) is 8.34. The lowest BCUT2D eigenvalue weighted by Crippen LogP contribution is -2.59. The zero-order valence-electron chi connectivity index (χ0n) is 19.2. The van der Waals surface area contributed by atoms with Gasteiger partial charge in [0.05, 0.1) is 17.4 Å². The van der Waals surface area contributed by atoms with Gasteiger partial charge in [0, 0.05) is 47.0 Å². The summed E-state index contributed by atoms with van der Waals surface area (Å²) in [7, 11) is 0. The van der Waals surface area contributed by atoms with Crippen LogP contribution < -0.4 is 4.90 Å². The predicted octanol–water partition coefficient (Wildman–Crippen LogP) is 4.51. The van der Waals surface area contributed by atoms with Gasteiger partial charge in [-0.1, -0.05) is 29.3 Å². The van der Waals surface area contributed by atoms with Gasteiger partial charge in [0.25, 0.3) is 5.91 Å². The topological polar surface area (TPSA) is 89.5 Å². The van der Waals surface area contributed by atoms with E-state index >= 15 is 0 Å². The lowest BCUT2D eigenvalue weighted by Gasteiger charge is -2.46. The van der Waals surface area contributed by atoms with Gasteiger partial charge in [-0.15, -0.1) is 0 Å². The minimum absolute atomic E-state index is 0.0607. The van der Waals surface area contributed by atoms with Crippen molar-refractivity contribution in [3.8, 4) is 0 Å². The Balaban J connectivity index is 1.45. The van der Waals surface area contributed by atoms with Gasteiger partial charge in [-0.2, -0.15) is 10.2 Å². The molecule has 182 valence electrons. The van der Waals surface area contributed by atoms with E-state index in [9.17, 15) is 14.1 Å². The lowest BCUT2D eigenvalue weighted by atomic mass is 10.0. The maximum Gasteiger partial charge on any atom is 0.254 e. The largest absolute Gasteiger partial charge is 0.611 e. The first-order valence-corrected chi connectivity index (χ1v) is 13.1. The molecule has 2 heterocycles. The van der Waals surface area contributed by atoms with E-state index in [0.29, 0.717) is 34.1 Å². The Morgan fingerprint density at radius 1 is 1.03 bits per heavy atom. The molecule has 1 aliphatic rings. The molecule has 35 heavy (non-hydrogen) atoms. The number of amides is 1. The molecule has 7 nitrogen and oxygen atoms in total. The monoisotopic (exact) mass is 530 g/mol. The fourth-order valence-electron chi connectivity index (χ4n) is 4.17. The SMILES string of the molecule is C[C@H]1[C@H](C)N(c2cccc(Cl)c2)CCN1C(=O)c1ccc([S+]([O-])CC(=O)c2ccnnc2)c(Cl)c1. The number of aromatic nitrogens is 2. The number of carbonyl (C=O) groups is 2. The summed E-state index contributed by atoms with van der Waals surface area (Å²) in [5.74, 6) is -0.707. The molecule has 1 aliphatic heterocycles. The molecular weight excluding hydrogens is 507 g/mol. The first-order valence-electron chi connectivity index (χ1n) is 11.1. The number of rotatable bonds is 6. The summed E-state index contributed by atoms with van der Waals surface area (Å²) in [5.41, 5.74) is 1.77. The van der Waals surface area contributed by atoms with Crippen LogP contribution in [-0.4, -0.2) is 62.3 Å². The number of ketones is 1. The van der Waals surface area contributed by atoms with E-state index in [2.05, 4.69) is 22.0 Å². The van der Waals surface area contributed by atoms with E-state index in [1.807, 2.05) is 36.1 Å². The average molecular weight is 531 g/mol. The number of anilines is 1. The minimum atomic E-state index is -1.66. The number of nitrogens with zero attached hydrogens (tertiary/aromatic N) is 4. The molecule has 1 unspecified atom stereocenters. The van der Waals surface area contributed by atoms with Crippen LogP contribution in [0.3, 0.4) is 0 Å². The van der Waals surface area contributed by atoms with Crippen molar-refractivity contribution in [3.63, 3.8) is 0 Å². The maximum absolute atomic E-state index is 13.3. The Morgan fingerprint density at radius 2 is 1.83 bits per heavy atom. The van der Waals surface area contributed by atoms with E-state index in [1.54, 1.807) is 12.1 Å². The molecule has 0 N–H and O–H groups in total. The van der Waals surface area contributed by atoms with Gasteiger partial charge < -0.3 is 14.4 Å². The first-order chi connectivity index (χ1) is 16.8. The second-order valence-corrected chi connectivity index (χ2v) is 10.6. The summed E-state index contributed by atoms with van der Waals surface area (Å²) in [6.45, 7) is 5.31. The Labute approximate surface area is 217 Å². The van der Waals surface area contributed by atoms with Crippen LogP contribution >= 0.6 is 23.2 Å². The summed E-state index contributed by atoms with van der Waals surface area (Å²) in [4.78, 5) is 30.1. The molecule has 0 spiro atoms. The molecule has 0 radical (unpaired) electrons. The lowest BCUT2D eigenvalue weighted by molar-refractivity contribution is 0.0634. The molecular formula is C25H24Cl2N4O3S. The van der Waals surface area contributed by atoms with Crippen LogP contribution in [0.2, 0.25) is 10.0 Å². The van der Waals surface area contributed by atoms with E-state index in [4.69, 9.17) is 23.2 Å². The number of Topliss-reactive ketones (excluding diaryl/α,β-unsaturated/α-hetero) is 1. The van der Waals surface area contributed by atoms with Crippen LogP contribution in [0.5, 0.6) is 0 Å². The van der Waals surface area contributed by atoms with E-state index in [-0.39, 0.29) is 34.5 Å². The van der Waals surface area contributed by atoms with Crippen LogP contribution in [0, 0.1) is 0 Å². The number of carbonyl (C=O) groups excluding carboxylic acids is 2. The minimum Gasteiger partial charge on any atom is -0.611 e. The van der Waals surface area contributed by atoms with Crippen molar-refractivity contribution >= 4 is 51.8 Å². The van der Waals surface area contributed by atoms with Gasteiger partial charge in [0.1, 0.15) is 0 Å². The van der Waals surface area contributed by atoms with Crippen LogP contribution in [0.15, 0.2) is 65.8 Å². The van der Waals surface area contributed by atoms with Crippen LogP contribution in [0.4, 0.5) is 5.69 Å². The zero-order chi connectivity index (χ0) is 25.1. The Morgan fingerprint density at radius 3 is 2.51 bits per heavy atom. The smallest absolute Gasteiger partial charge is 0.254 e. The molecule has 1 amide bonds. The third-order valence-electron chi connectivity index (χ3n) is 6.26. The standard InChI is InChI=1S/C25H24Cl2N4O3S/c1-16-17(2)31(11-10-30(16)21-5-3-4-20(26)13-21)25(33)18-6-7-24(22(27)12-18)35(34)15-23(32)19-8-9-28-29-14-19/h3-9,12-14,16-17H,10-11,15H2,1-2H3/t16-,17-,35?/m0/s1. The Bertz CT molecular complexity index is 1230. The van der Waals surface area contributed by atoms with Crippen molar-refractivity contribution in [3.05, 3.63) is 82.1 Å². The molecule has 3 atom stereocenters. The number of benzene rings is 2. The van der Waals surface area contributed by atoms with E-state index < -0.39 is 11.2 Å². The number of hydrogen-bond acceptors (Lipinski definition) is 6. The van der Waals surface area contributed by atoms with Gasteiger partial charge in [0.2, 0.25) is 5.78 Å². The summed E-state index contributed by atoms with van der Waals surface area (Å²) in [6.07, 6.45) is 2.73. The Hall–Kier alpha value is -2.65. The highest BCUT2D eigenvalue weighted by atomic mass is 35.5. The van der Waals surface area contributed by atoms with Gasteiger partial charge in [-0.3, -0.25) is 9.59 Å². The summed E-state index contributed by atoms with van der Waals surface area (Å²) >= 11 is 10.9. The van der Waals surface area contributed by atoms with Crippen molar-refractivity contribution in [1.29, 1.82) is 0 Å². The van der Waals surface area contributed by atoms with Gasteiger partial charge in [-0.05, 0) is 67.5 Å². The summed E-state index contributed by atoms with van der Waals surface area (Å²) < 4.78 is 12.8. The highest BCUT2D eigenvalue weighted by Gasteiger charge is 2.34. The fourth-order valence-corrected chi connectivity index (χ4v) is 5.85. The van der Waals surface area contributed by atoms with Crippen molar-refractivity contribution < 1.29 is 14.1 Å². The molecule has 3 aromatic rings. The van der Waals surface area contributed by atoms with Gasteiger partial charge in [-0.25, -0.2) is 0 Å². The molecule has 4 rings (SSSR count). The fraction of sp³-hybridized carbons (Fsp3) is 0.280. The Kier molecular flexibility index (Phi) is 7.96. The normalized spacial score (nSPS) is 18.9. The average Bonchev–Trinajstić information content (AvgIpc) is 2.85. The van der Waals surface area contributed by atoms with Crippen LogP contribution in [-0.2, 0) is 11.2 Å². The van der Waals surface area contributed by atoms with Crippen LogP contribution in [0.1, 0.15) is 34.6 Å². The molecule has 0 bridgehead atoms. The highest BCUT2D eigenvalue weighted by Crippen LogP contribution is 2.29. The third kappa shape index (κ3) is 5.62. The molecule has 1 saturated heterocycles. The molecule has 1 aromatic heterocycles. The van der Waals surface area contributed by atoms with Crippen molar-refractivity contribution in [2.75, 3.05) is 23.7 Å². The highest BCUT2D eigenvalue weighted by molar-refractivity contribution is 7.92. The van der Waals surface area contributed by atoms with Crippen molar-refractivity contribution in [1.82, 2.24) is 15.1 Å². The molecule has 0 saturated carbocycles. The predicted molar refractivity (Wildman–Crippen MR) is 138 cm³/mol. The van der Waals surface area contributed by atoms with E-state index in [0.717, 1.165) is 5.69 Å². The number of hydrogen-bond donors (Lipinski definition) is 0. The second kappa shape index (κ2) is 11.0. The number of piperazine rings is 1. The van der Waals surface area contributed by atoms with Gasteiger partial charge in [0.15, 0.2) is 10.6 Å². The third-order valence-corrected chi connectivity index (χ3v) is 8.29. The van der Waals surface area contributed by atoms with Gasteiger partial charge >= 0.3 is 0 Å². The molecule has 1 fully saturated rings. The maximum atomic E-state index is 13.3. The van der Waals surface area contributed by atoms with Crippen molar-refractivity contribution in [2.24, 2.45) is 0 Å². The number of halogens is 2. The summed E-state index contributed by atoms with van der Waals surface area (Å²) in [6, 6.07) is 13.9.